The zero-order valence-corrected chi connectivity index (χ0v) is 20.4. The van der Waals surface area contributed by atoms with Gasteiger partial charge in [0.1, 0.15) is 0 Å². The molecule has 0 fully saturated rings. The van der Waals surface area contributed by atoms with Crippen molar-refractivity contribution in [3.63, 3.8) is 0 Å². The molecule has 0 amide bonds. The molecule has 0 aliphatic carbocycles. The van der Waals surface area contributed by atoms with Crippen LogP contribution in [-0.4, -0.2) is 22.2 Å². The highest BCUT2D eigenvalue weighted by molar-refractivity contribution is 5.66. The van der Waals surface area contributed by atoms with E-state index in [0.29, 0.717) is 12.8 Å². The van der Waals surface area contributed by atoms with Crippen LogP contribution in [0.15, 0.2) is 18.2 Å². The molecule has 0 radical (unpaired) electrons. The fraction of sp³-hybridized carbons (Fsp3) is 0.714. The average Bonchev–Trinajstić information content (AvgIpc) is 2.76. The number of aryl methyl sites for hydroxylation is 3. The predicted molar refractivity (Wildman–Crippen MR) is 132 cm³/mol. The molecule has 0 aliphatic heterocycles. The molecule has 4 nitrogen and oxygen atoms in total. The predicted octanol–water partition coefficient (Wildman–Crippen LogP) is 7.74. The van der Waals surface area contributed by atoms with Gasteiger partial charge in [-0.25, -0.2) is 0 Å². The summed E-state index contributed by atoms with van der Waals surface area (Å²) in [7, 11) is 0. The topological polar surface area (TPSA) is 74.6 Å². The number of carboxylic acids is 2. The third kappa shape index (κ3) is 15.0. The van der Waals surface area contributed by atoms with E-state index in [1.165, 1.54) is 74.5 Å². The third-order valence-corrected chi connectivity index (χ3v) is 6.26. The van der Waals surface area contributed by atoms with E-state index in [4.69, 9.17) is 10.2 Å². The van der Waals surface area contributed by atoms with Gasteiger partial charge in [-0.05, 0) is 68.1 Å². The fourth-order valence-electron chi connectivity index (χ4n) is 4.31. The molecule has 0 saturated carbocycles. The average molecular weight is 447 g/mol. The van der Waals surface area contributed by atoms with Gasteiger partial charge in [0.2, 0.25) is 0 Å². The summed E-state index contributed by atoms with van der Waals surface area (Å²) in [6.07, 6.45) is 19.7. The number of benzene rings is 1. The highest BCUT2D eigenvalue weighted by Crippen LogP contribution is 2.21. The van der Waals surface area contributed by atoms with Crippen LogP contribution in [0.4, 0.5) is 0 Å². The van der Waals surface area contributed by atoms with E-state index in [9.17, 15) is 9.59 Å². The summed E-state index contributed by atoms with van der Waals surface area (Å²) in [5, 5.41) is 17.5. The lowest BCUT2D eigenvalue weighted by atomic mass is 9.93. The van der Waals surface area contributed by atoms with Crippen LogP contribution in [0.25, 0.3) is 0 Å². The van der Waals surface area contributed by atoms with Crippen LogP contribution >= 0.6 is 0 Å². The van der Waals surface area contributed by atoms with Crippen LogP contribution < -0.4 is 0 Å². The first-order chi connectivity index (χ1) is 15.5. The molecule has 0 heterocycles. The second kappa shape index (κ2) is 18.7. The molecule has 4 heteroatoms. The van der Waals surface area contributed by atoms with Gasteiger partial charge in [0.25, 0.3) is 0 Å². The van der Waals surface area contributed by atoms with Gasteiger partial charge in [-0.15, -0.1) is 0 Å². The van der Waals surface area contributed by atoms with Crippen LogP contribution in [0.3, 0.4) is 0 Å². The molecular formula is C28H46O4. The van der Waals surface area contributed by atoms with Crippen molar-refractivity contribution in [1.82, 2.24) is 0 Å². The summed E-state index contributed by atoms with van der Waals surface area (Å²) in [4.78, 5) is 21.2. The Morgan fingerprint density at radius 1 is 0.594 bits per heavy atom. The fourth-order valence-corrected chi connectivity index (χ4v) is 4.31. The molecule has 0 spiro atoms. The zero-order valence-electron chi connectivity index (χ0n) is 20.4. The Labute approximate surface area is 195 Å². The van der Waals surface area contributed by atoms with Gasteiger partial charge in [0.05, 0.1) is 0 Å². The van der Waals surface area contributed by atoms with Crippen molar-refractivity contribution in [2.75, 3.05) is 0 Å². The van der Waals surface area contributed by atoms with Gasteiger partial charge in [0.15, 0.2) is 0 Å². The quantitative estimate of drug-likeness (QED) is 0.189. The standard InChI is InChI=1S/C28H46O4/c1-2-3-4-11-16-24-21-22-25(17-12-7-5-9-14-19-27(29)30)26(23-24)18-13-8-6-10-15-20-28(31)32/h21-23H,2-20H2,1H3,(H,29,30)(H,31,32). The number of unbranched alkanes of at least 4 members (excludes halogenated alkanes) is 11. The number of rotatable bonds is 21. The monoisotopic (exact) mass is 446 g/mol. The first-order valence-electron chi connectivity index (χ1n) is 13.1. The number of aliphatic carboxylic acids is 2. The molecule has 1 aromatic carbocycles. The lowest BCUT2D eigenvalue weighted by Crippen LogP contribution is -1.99. The summed E-state index contributed by atoms with van der Waals surface area (Å²) in [5.74, 6) is -1.38. The van der Waals surface area contributed by atoms with Crippen molar-refractivity contribution in [2.24, 2.45) is 0 Å². The van der Waals surface area contributed by atoms with Gasteiger partial charge in [0, 0.05) is 12.8 Å². The van der Waals surface area contributed by atoms with E-state index >= 15 is 0 Å². The Morgan fingerprint density at radius 3 is 1.62 bits per heavy atom. The van der Waals surface area contributed by atoms with Crippen molar-refractivity contribution in [2.45, 2.75) is 129 Å². The van der Waals surface area contributed by atoms with Crippen LogP contribution in [0.2, 0.25) is 0 Å². The Hall–Kier alpha value is -1.84. The molecular weight excluding hydrogens is 400 g/mol. The van der Waals surface area contributed by atoms with Crippen LogP contribution in [-0.2, 0) is 28.9 Å². The molecule has 2 N–H and O–H groups in total. The number of carbonyl (C=O) groups is 2. The smallest absolute Gasteiger partial charge is 0.303 e. The lowest BCUT2D eigenvalue weighted by Gasteiger charge is -2.13. The maximum atomic E-state index is 10.6. The second-order valence-corrected chi connectivity index (χ2v) is 9.24. The molecule has 1 aromatic rings. The molecule has 0 saturated heterocycles. The summed E-state index contributed by atoms with van der Waals surface area (Å²) < 4.78 is 0. The molecule has 0 aliphatic rings. The van der Waals surface area contributed by atoms with Crippen molar-refractivity contribution in [3.05, 3.63) is 34.9 Å². The highest BCUT2D eigenvalue weighted by Gasteiger charge is 2.06. The molecule has 0 aromatic heterocycles. The number of hydrogen-bond donors (Lipinski definition) is 2. The first-order valence-corrected chi connectivity index (χ1v) is 13.1. The van der Waals surface area contributed by atoms with E-state index < -0.39 is 11.9 Å². The van der Waals surface area contributed by atoms with E-state index in [0.717, 1.165) is 51.4 Å². The largest absolute Gasteiger partial charge is 0.481 e. The van der Waals surface area contributed by atoms with Crippen LogP contribution in [0.1, 0.15) is 126 Å². The van der Waals surface area contributed by atoms with Crippen LogP contribution in [0.5, 0.6) is 0 Å². The molecule has 0 bridgehead atoms. The summed E-state index contributed by atoms with van der Waals surface area (Å²) >= 11 is 0. The molecule has 182 valence electrons. The normalized spacial score (nSPS) is 11.0. The summed E-state index contributed by atoms with van der Waals surface area (Å²) in [6.45, 7) is 2.25. The Kier molecular flexibility index (Phi) is 16.5. The van der Waals surface area contributed by atoms with Crippen molar-refractivity contribution >= 4 is 11.9 Å². The minimum atomic E-state index is -0.689. The molecule has 0 atom stereocenters. The Morgan fingerprint density at radius 2 is 1.06 bits per heavy atom. The zero-order chi connectivity index (χ0) is 23.4. The third-order valence-electron chi connectivity index (χ3n) is 6.26. The Balaban J connectivity index is 2.46. The minimum absolute atomic E-state index is 0.292. The van der Waals surface area contributed by atoms with Crippen LogP contribution in [0, 0.1) is 0 Å². The van der Waals surface area contributed by atoms with E-state index in [1.54, 1.807) is 0 Å². The van der Waals surface area contributed by atoms with Crippen molar-refractivity contribution in [1.29, 1.82) is 0 Å². The first kappa shape index (κ1) is 28.2. The van der Waals surface area contributed by atoms with Crippen molar-refractivity contribution < 1.29 is 19.8 Å². The van der Waals surface area contributed by atoms with Gasteiger partial charge in [-0.1, -0.05) is 82.9 Å². The van der Waals surface area contributed by atoms with E-state index in [2.05, 4.69) is 25.1 Å². The SMILES string of the molecule is CCCCCCc1ccc(CCCCCCCC(=O)O)c(CCCCCCCC(=O)O)c1. The van der Waals surface area contributed by atoms with Gasteiger partial charge >= 0.3 is 11.9 Å². The minimum Gasteiger partial charge on any atom is -0.481 e. The number of hydrogen-bond acceptors (Lipinski definition) is 2. The lowest BCUT2D eigenvalue weighted by molar-refractivity contribution is -0.138. The maximum Gasteiger partial charge on any atom is 0.303 e. The highest BCUT2D eigenvalue weighted by atomic mass is 16.4. The molecule has 0 unspecified atom stereocenters. The molecule has 32 heavy (non-hydrogen) atoms. The number of carboxylic acid groups (broad SMARTS) is 2. The van der Waals surface area contributed by atoms with Gasteiger partial charge < -0.3 is 10.2 Å². The van der Waals surface area contributed by atoms with E-state index in [-0.39, 0.29) is 0 Å². The maximum absolute atomic E-state index is 10.6. The second-order valence-electron chi connectivity index (χ2n) is 9.24. The summed E-state index contributed by atoms with van der Waals surface area (Å²) in [5.41, 5.74) is 4.46. The van der Waals surface area contributed by atoms with Gasteiger partial charge in [-0.2, -0.15) is 0 Å². The van der Waals surface area contributed by atoms with E-state index in [1.807, 2.05) is 0 Å². The Bertz CT molecular complexity index is 638. The molecule has 1 rings (SSSR count). The van der Waals surface area contributed by atoms with Gasteiger partial charge in [-0.3, -0.25) is 9.59 Å². The summed E-state index contributed by atoms with van der Waals surface area (Å²) in [6, 6.07) is 7.11. The van der Waals surface area contributed by atoms with Crippen molar-refractivity contribution in [3.8, 4) is 0 Å².